The molecule has 0 unspecified atom stereocenters. The Morgan fingerprint density at radius 2 is 1.80 bits per heavy atom. The molecule has 0 heterocycles. The third-order valence-corrected chi connectivity index (χ3v) is 2.60. The molecule has 0 saturated carbocycles. The van der Waals surface area contributed by atoms with Crippen molar-refractivity contribution in [2.45, 2.75) is 46.0 Å². The fourth-order valence-electron chi connectivity index (χ4n) is 1.71. The van der Waals surface area contributed by atoms with Crippen LogP contribution in [0.1, 0.15) is 45.1 Å². The van der Waals surface area contributed by atoms with Crippen molar-refractivity contribution in [1.29, 1.82) is 0 Å². The van der Waals surface area contributed by atoms with E-state index in [1.165, 1.54) is 37.7 Å². The maximum atomic E-state index is 2.44. The first-order chi connectivity index (χ1) is 7.29. The number of hydrogen-bond acceptors (Lipinski definition) is 0. The fourth-order valence-corrected chi connectivity index (χ4v) is 1.71. The molecule has 0 atom stereocenters. The van der Waals surface area contributed by atoms with E-state index in [4.69, 9.17) is 0 Å². The van der Waals surface area contributed by atoms with Gasteiger partial charge in [0.1, 0.15) is 0 Å². The molecule has 0 fully saturated rings. The summed E-state index contributed by atoms with van der Waals surface area (Å²) in [5.41, 5.74) is 1.47. The maximum Gasteiger partial charge on any atom is -0.0279 e. The first-order valence-electron chi connectivity index (χ1n) is 6.14. The SMILES string of the molecule is CC(C)C[CH]CCCCc1ccccc1. The van der Waals surface area contributed by atoms with Crippen molar-refractivity contribution in [2.75, 3.05) is 0 Å². The Hall–Kier alpha value is -0.780. The molecule has 1 aromatic rings. The highest BCUT2D eigenvalue weighted by molar-refractivity contribution is 5.14. The molecule has 1 aromatic carbocycles. The number of benzene rings is 1. The number of aryl methyl sites for hydroxylation is 1. The summed E-state index contributed by atoms with van der Waals surface area (Å²) >= 11 is 0. The summed E-state index contributed by atoms with van der Waals surface area (Å²) in [4.78, 5) is 0. The maximum absolute atomic E-state index is 2.44. The monoisotopic (exact) mass is 203 g/mol. The van der Waals surface area contributed by atoms with E-state index in [9.17, 15) is 0 Å². The average Bonchev–Trinajstić information content (AvgIpc) is 2.24. The third-order valence-electron chi connectivity index (χ3n) is 2.60. The second kappa shape index (κ2) is 7.50. The topological polar surface area (TPSA) is 0 Å². The van der Waals surface area contributed by atoms with Crippen LogP contribution >= 0.6 is 0 Å². The lowest BCUT2D eigenvalue weighted by molar-refractivity contribution is 0.603. The summed E-state index contributed by atoms with van der Waals surface area (Å²) < 4.78 is 0. The van der Waals surface area contributed by atoms with E-state index in [0.29, 0.717) is 0 Å². The molecular weight excluding hydrogens is 180 g/mol. The molecule has 0 aromatic heterocycles. The number of unbranched alkanes of at least 4 members (excludes halogenated alkanes) is 3. The Bertz CT molecular complexity index is 235. The lowest BCUT2D eigenvalue weighted by atomic mass is 10.0. The van der Waals surface area contributed by atoms with Gasteiger partial charge in [0.2, 0.25) is 0 Å². The molecular formula is C15H23. The summed E-state index contributed by atoms with van der Waals surface area (Å²) in [6, 6.07) is 10.8. The largest absolute Gasteiger partial charge is 0.0628 e. The molecule has 0 aliphatic heterocycles. The van der Waals surface area contributed by atoms with E-state index >= 15 is 0 Å². The minimum absolute atomic E-state index is 0.819. The van der Waals surface area contributed by atoms with Gasteiger partial charge in [0.15, 0.2) is 0 Å². The molecule has 83 valence electrons. The van der Waals surface area contributed by atoms with Gasteiger partial charge in [0.05, 0.1) is 0 Å². The minimum atomic E-state index is 0.819. The highest BCUT2D eigenvalue weighted by atomic mass is 14.0. The van der Waals surface area contributed by atoms with Crippen molar-refractivity contribution < 1.29 is 0 Å². The quantitative estimate of drug-likeness (QED) is 0.566. The highest BCUT2D eigenvalue weighted by Gasteiger charge is 1.95. The Labute approximate surface area is 94.7 Å². The molecule has 0 nitrogen and oxygen atoms in total. The predicted octanol–water partition coefficient (Wildman–Crippen LogP) is 4.65. The Kier molecular flexibility index (Phi) is 6.15. The van der Waals surface area contributed by atoms with Crippen molar-refractivity contribution in [1.82, 2.24) is 0 Å². The Balaban J connectivity index is 1.98. The number of rotatable bonds is 7. The molecule has 1 rings (SSSR count). The van der Waals surface area contributed by atoms with E-state index in [0.717, 1.165) is 5.92 Å². The molecule has 0 N–H and O–H groups in total. The van der Waals surface area contributed by atoms with Crippen LogP contribution in [0.4, 0.5) is 0 Å². The van der Waals surface area contributed by atoms with Crippen LogP contribution < -0.4 is 0 Å². The zero-order chi connectivity index (χ0) is 10.9. The number of hydrogen-bond donors (Lipinski definition) is 0. The van der Waals surface area contributed by atoms with Crippen molar-refractivity contribution >= 4 is 0 Å². The highest BCUT2D eigenvalue weighted by Crippen LogP contribution is 2.10. The first kappa shape index (κ1) is 12.3. The van der Waals surface area contributed by atoms with Gasteiger partial charge in [-0.05, 0) is 37.2 Å². The molecule has 0 spiro atoms. The van der Waals surface area contributed by atoms with Crippen molar-refractivity contribution in [3.8, 4) is 0 Å². The molecule has 0 heteroatoms. The van der Waals surface area contributed by atoms with Crippen molar-refractivity contribution in [3.05, 3.63) is 42.3 Å². The predicted molar refractivity (Wildman–Crippen MR) is 67.8 cm³/mol. The smallest absolute Gasteiger partial charge is 0.0279 e. The second-order valence-electron chi connectivity index (χ2n) is 4.65. The van der Waals surface area contributed by atoms with Gasteiger partial charge in [0, 0.05) is 0 Å². The van der Waals surface area contributed by atoms with Gasteiger partial charge in [-0.15, -0.1) is 0 Å². The molecule has 0 aliphatic carbocycles. The molecule has 0 amide bonds. The van der Waals surface area contributed by atoms with Crippen LogP contribution in [-0.4, -0.2) is 0 Å². The standard InChI is InChI=1S/C15H23/c1-14(2)10-6-3-4-7-11-15-12-8-5-9-13-15/h5-6,8-9,12-14H,3-4,7,10-11H2,1-2H3. The molecule has 15 heavy (non-hydrogen) atoms. The zero-order valence-electron chi connectivity index (χ0n) is 10.1. The van der Waals surface area contributed by atoms with Crippen molar-refractivity contribution in [3.63, 3.8) is 0 Å². The fraction of sp³-hybridized carbons (Fsp3) is 0.533. The van der Waals surface area contributed by atoms with Crippen LogP contribution in [0.5, 0.6) is 0 Å². The Morgan fingerprint density at radius 3 is 2.47 bits per heavy atom. The van der Waals surface area contributed by atoms with Crippen molar-refractivity contribution in [2.24, 2.45) is 5.92 Å². The summed E-state index contributed by atoms with van der Waals surface area (Å²) in [6.07, 6.45) is 8.88. The van der Waals surface area contributed by atoms with E-state index in [2.05, 4.69) is 50.6 Å². The first-order valence-corrected chi connectivity index (χ1v) is 6.14. The van der Waals surface area contributed by atoms with Gasteiger partial charge in [-0.25, -0.2) is 0 Å². The van der Waals surface area contributed by atoms with Gasteiger partial charge in [-0.2, -0.15) is 0 Å². The zero-order valence-corrected chi connectivity index (χ0v) is 10.1. The van der Waals surface area contributed by atoms with Gasteiger partial charge in [-0.1, -0.05) is 57.0 Å². The molecule has 0 aliphatic rings. The normalized spacial score (nSPS) is 10.9. The van der Waals surface area contributed by atoms with E-state index < -0.39 is 0 Å². The van der Waals surface area contributed by atoms with E-state index in [1.54, 1.807) is 0 Å². The summed E-state index contributed by atoms with van der Waals surface area (Å²) in [7, 11) is 0. The molecule has 1 radical (unpaired) electrons. The van der Waals surface area contributed by atoms with Crippen LogP contribution in [0.3, 0.4) is 0 Å². The lowest BCUT2D eigenvalue weighted by Gasteiger charge is -2.04. The second-order valence-corrected chi connectivity index (χ2v) is 4.65. The van der Waals surface area contributed by atoms with Crippen LogP contribution in [0.25, 0.3) is 0 Å². The van der Waals surface area contributed by atoms with Crippen LogP contribution in [0.15, 0.2) is 30.3 Å². The van der Waals surface area contributed by atoms with Crippen LogP contribution in [0, 0.1) is 12.3 Å². The summed E-state index contributed by atoms with van der Waals surface area (Å²) in [5, 5.41) is 0. The van der Waals surface area contributed by atoms with E-state index in [-0.39, 0.29) is 0 Å². The Morgan fingerprint density at radius 1 is 1.07 bits per heavy atom. The van der Waals surface area contributed by atoms with Gasteiger partial charge in [-0.3, -0.25) is 0 Å². The lowest BCUT2D eigenvalue weighted by Crippen LogP contribution is -1.89. The third kappa shape index (κ3) is 6.33. The van der Waals surface area contributed by atoms with Crippen LogP contribution in [-0.2, 0) is 6.42 Å². The average molecular weight is 203 g/mol. The van der Waals surface area contributed by atoms with Gasteiger partial charge in [0.25, 0.3) is 0 Å². The van der Waals surface area contributed by atoms with Crippen LogP contribution in [0.2, 0.25) is 0 Å². The summed E-state index contributed by atoms with van der Waals surface area (Å²) in [6.45, 7) is 4.56. The molecule has 0 bridgehead atoms. The van der Waals surface area contributed by atoms with E-state index in [1.807, 2.05) is 0 Å². The molecule has 0 saturated heterocycles. The van der Waals surface area contributed by atoms with Gasteiger partial charge >= 0.3 is 0 Å². The summed E-state index contributed by atoms with van der Waals surface area (Å²) in [5.74, 6) is 0.819. The van der Waals surface area contributed by atoms with Gasteiger partial charge < -0.3 is 0 Å². The minimum Gasteiger partial charge on any atom is -0.0628 e.